The number of nitrogens with one attached hydrogen (secondary N) is 1. The van der Waals surface area contributed by atoms with Crippen LogP contribution >= 0.6 is 12.4 Å². The molecule has 1 N–H and O–H groups in total. The van der Waals surface area contributed by atoms with Crippen LogP contribution in [0.15, 0.2) is 36.4 Å². The first-order valence-corrected chi connectivity index (χ1v) is 9.90. The average molecular weight is 495 g/mol. The van der Waals surface area contributed by atoms with Gasteiger partial charge in [-0.05, 0) is 42.3 Å². The number of methoxy groups -OCH3 is 1. The Morgan fingerprint density at radius 2 is 1.88 bits per heavy atom. The fraction of sp³-hybridized carbons (Fsp3) is 0.409. The zero-order valence-corrected chi connectivity index (χ0v) is 18.7. The number of rotatable bonds is 7. The highest BCUT2D eigenvalue weighted by Crippen LogP contribution is 2.32. The number of halogens is 6. The van der Waals surface area contributed by atoms with Gasteiger partial charge in [0.15, 0.2) is 11.6 Å². The van der Waals surface area contributed by atoms with Crippen LogP contribution in [0.4, 0.5) is 22.0 Å². The molecule has 1 saturated heterocycles. The molecule has 0 aromatic heterocycles. The number of amides is 1. The fourth-order valence-corrected chi connectivity index (χ4v) is 3.44. The Balaban J connectivity index is 0.00000385. The molecule has 1 unspecified atom stereocenters. The van der Waals surface area contributed by atoms with Crippen molar-refractivity contribution in [3.8, 4) is 5.75 Å². The van der Waals surface area contributed by atoms with E-state index in [1.54, 1.807) is 12.1 Å². The van der Waals surface area contributed by atoms with E-state index in [1.807, 2.05) is 6.92 Å². The van der Waals surface area contributed by atoms with Crippen LogP contribution in [0.5, 0.6) is 5.75 Å². The third-order valence-corrected chi connectivity index (χ3v) is 5.26. The van der Waals surface area contributed by atoms with Crippen LogP contribution in [-0.2, 0) is 22.3 Å². The number of hydrogen-bond acceptors (Lipinski definition) is 4. The van der Waals surface area contributed by atoms with Gasteiger partial charge in [0.1, 0.15) is 12.4 Å². The normalized spacial score (nSPS) is 17.5. The standard InChI is InChI=1S/C22H23F5N2O3.ClH/c1-13(15-4-6-19(24)20(8-15)31-2)28-9-16-11-29(21(30)12-32-16)10-14-3-5-18(23)17(7-14)22(25,26)27;/h3-8,13,16,28H,9-12H2,1-2H3;1H/t13-,16?;/m1./s1. The summed E-state index contributed by atoms with van der Waals surface area (Å²) in [4.78, 5) is 13.6. The number of alkyl halides is 3. The van der Waals surface area contributed by atoms with E-state index >= 15 is 0 Å². The molecule has 0 bridgehead atoms. The highest BCUT2D eigenvalue weighted by Gasteiger charge is 2.34. The third-order valence-electron chi connectivity index (χ3n) is 5.26. The molecule has 182 valence electrons. The molecule has 1 amide bonds. The minimum Gasteiger partial charge on any atom is -0.494 e. The molecule has 2 aromatic carbocycles. The molecule has 0 spiro atoms. The van der Waals surface area contributed by atoms with Crippen molar-refractivity contribution in [2.75, 3.05) is 26.8 Å². The highest BCUT2D eigenvalue weighted by atomic mass is 35.5. The van der Waals surface area contributed by atoms with Crippen LogP contribution in [-0.4, -0.2) is 43.7 Å². The number of carbonyl (C=O) groups excluding carboxylic acids is 1. The molecule has 5 nitrogen and oxygen atoms in total. The maximum Gasteiger partial charge on any atom is 0.419 e. The summed E-state index contributed by atoms with van der Waals surface area (Å²) in [6.45, 7) is 2.08. The van der Waals surface area contributed by atoms with Gasteiger partial charge in [0, 0.05) is 25.7 Å². The van der Waals surface area contributed by atoms with Gasteiger partial charge in [0.25, 0.3) is 0 Å². The van der Waals surface area contributed by atoms with Crippen LogP contribution < -0.4 is 10.1 Å². The summed E-state index contributed by atoms with van der Waals surface area (Å²) in [6.07, 6.45) is -5.22. The maximum absolute atomic E-state index is 13.6. The quantitative estimate of drug-likeness (QED) is 0.576. The number of carbonyl (C=O) groups is 1. The van der Waals surface area contributed by atoms with Gasteiger partial charge in [-0.3, -0.25) is 4.79 Å². The largest absolute Gasteiger partial charge is 0.494 e. The van der Waals surface area contributed by atoms with Crippen molar-refractivity contribution in [3.05, 3.63) is 64.7 Å². The van der Waals surface area contributed by atoms with Gasteiger partial charge in [-0.15, -0.1) is 12.4 Å². The molecule has 0 aliphatic carbocycles. The van der Waals surface area contributed by atoms with E-state index < -0.39 is 29.5 Å². The second kappa shape index (κ2) is 11.1. The van der Waals surface area contributed by atoms with Gasteiger partial charge in [-0.1, -0.05) is 12.1 Å². The maximum atomic E-state index is 13.6. The molecule has 0 radical (unpaired) electrons. The molecule has 11 heteroatoms. The first-order valence-electron chi connectivity index (χ1n) is 9.90. The lowest BCUT2D eigenvalue weighted by molar-refractivity contribution is -0.149. The van der Waals surface area contributed by atoms with Crippen LogP contribution in [0.1, 0.15) is 29.7 Å². The van der Waals surface area contributed by atoms with Crippen molar-refractivity contribution in [1.29, 1.82) is 0 Å². The predicted octanol–water partition coefficient (Wildman–Crippen LogP) is 4.49. The molecule has 0 saturated carbocycles. The number of morpholine rings is 1. The first kappa shape index (κ1) is 26.8. The van der Waals surface area contributed by atoms with Crippen LogP contribution in [0.3, 0.4) is 0 Å². The average Bonchev–Trinajstić information content (AvgIpc) is 2.74. The number of benzene rings is 2. The van der Waals surface area contributed by atoms with Gasteiger partial charge in [0.2, 0.25) is 5.91 Å². The Bertz CT molecular complexity index is 974. The fourth-order valence-electron chi connectivity index (χ4n) is 3.44. The van der Waals surface area contributed by atoms with Crippen molar-refractivity contribution in [3.63, 3.8) is 0 Å². The minimum atomic E-state index is -4.82. The van der Waals surface area contributed by atoms with Gasteiger partial charge in [0.05, 0.1) is 18.8 Å². The Kier molecular flexibility index (Phi) is 9.04. The van der Waals surface area contributed by atoms with Gasteiger partial charge >= 0.3 is 6.18 Å². The second-order valence-electron chi connectivity index (χ2n) is 7.54. The number of ether oxygens (including phenoxy) is 2. The predicted molar refractivity (Wildman–Crippen MR) is 113 cm³/mol. The summed E-state index contributed by atoms with van der Waals surface area (Å²) in [5.41, 5.74) is -0.400. The lowest BCUT2D eigenvalue weighted by Gasteiger charge is -2.33. The van der Waals surface area contributed by atoms with E-state index in [2.05, 4.69) is 5.32 Å². The van der Waals surface area contributed by atoms with Crippen molar-refractivity contribution in [2.24, 2.45) is 0 Å². The van der Waals surface area contributed by atoms with Gasteiger partial charge in [-0.25, -0.2) is 8.78 Å². The van der Waals surface area contributed by atoms with Gasteiger partial charge in [-0.2, -0.15) is 13.2 Å². The van der Waals surface area contributed by atoms with E-state index in [9.17, 15) is 26.7 Å². The Morgan fingerprint density at radius 1 is 1.18 bits per heavy atom. The molecule has 33 heavy (non-hydrogen) atoms. The summed E-state index contributed by atoms with van der Waals surface area (Å²) in [5.74, 6) is -2.07. The molecule has 3 rings (SSSR count). The van der Waals surface area contributed by atoms with Gasteiger partial charge < -0.3 is 19.7 Å². The topological polar surface area (TPSA) is 50.8 Å². The zero-order chi connectivity index (χ0) is 23.5. The molecule has 2 atom stereocenters. The summed E-state index contributed by atoms with van der Waals surface area (Å²) >= 11 is 0. The number of nitrogens with zero attached hydrogens (tertiary/aromatic N) is 1. The number of hydrogen-bond donors (Lipinski definition) is 1. The molecular weight excluding hydrogens is 471 g/mol. The SMILES string of the molecule is COc1cc([C@@H](C)NCC2CN(Cc3ccc(F)c(C(F)(F)F)c3)C(=O)CO2)ccc1F.Cl. The summed E-state index contributed by atoms with van der Waals surface area (Å²) in [6, 6.07) is 7.03. The highest BCUT2D eigenvalue weighted by molar-refractivity contribution is 5.85. The minimum absolute atomic E-state index is 0. The molecule has 1 aliphatic heterocycles. The van der Waals surface area contributed by atoms with Crippen molar-refractivity contribution in [2.45, 2.75) is 31.8 Å². The molecule has 1 fully saturated rings. The van der Waals surface area contributed by atoms with Crippen LogP contribution in [0, 0.1) is 11.6 Å². The summed E-state index contributed by atoms with van der Waals surface area (Å²) in [5, 5.41) is 3.24. The van der Waals surface area contributed by atoms with E-state index in [4.69, 9.17) is 9.47 Å². The smallest absolute Gasteiger partial charge is 0.419 e. The van der Waals surface area contributed by atoms with Crippen molar-refractivity contribution in [1.82, 2.24) is 10.2 Å². The Morgan fingerprint density at radius 3 is 2.55 bits per heavy atom. The molecular formula is C22H24ClF5N2O3. The van der Waals surface area contributed by atoms with E-state index in [0.29, 0.717) is 6.54 Å². The lowest BCUT2D eigenvalue weighted by Crippen LogP contribution is -2.49. The second-order valence-corrected chi connectivity index (χ2v) is 7.54. The van der Waals surface area contributed by atoms with E-state index in [0.717, 1.165) is 17.7 Å². The monoisotopic (exact) mass is 494 g/mol. The van der Waals surface area contributed by atoms with E-state index in [1.165, 1.54) is 24.1 Å². The zero-order valence-electron chi connectivity index (χ0n) is 17.9. The third kappa shape index (κ3) is 6.78. The van der Waals surface area contributed by atoms with Crippen molar-refractivity contribution < 1.29 is 36.2 Å². The molecule has 1 aliphatic rings. The van der Waals surface area contributed by atoms with Crippen LogP contribution in [0.25, 0.3) is 0 Å². The Labute approximate surface area is 194 Å². The molecule has 2 aromatic rings. The summed E-state index contributed by atoms with van der Waals surface area (Å²) < 4.78 is 76.5. The van der Waals surface area contributed by atoms with Crippen LogP contribution in [0.2, 0.25) is 0 Å². The summed E-state index contributed by atoms with van der Waals surface area (Å²) in [7, 11) is 1.38. The van der Waals surface area contributed by atoms with E-state index in [-0.39, 0.29) is 55.4 Å². The molecule has 1 heterocycles. The first-order chi connectivity index (χ1) is 15.1. The van der Waals surface area contributed by atoms with Crippen molar-refractivity contribution >= 4 is 18.3 Å². The Hall–Kier alpha value is -2.43. The lowest BCUT2D eigenvalue weighted by atomic mass is 10.1.